The number of hydrogen-bond donors (Lipinski definition) is 2. The molecule has 2 N–H and O–H groups in total. The highest BCUT2D eigenvalue weighted by Crippen LogP contribution is 2.54. The van der Waals surface area contributed by atoms with E-state index in [2.05, 4.69) is 81.1 Å². The van der Waals surface area contributed by atoms with Crippen molar-refractivity contribution in [2.24, 2.45) is 5.92 Å². The maximum absolute atomic E-state index is 5.32. The molecule has 1 atom stereocenters. The molecular weight excluding hydrogens is 782 g/mol. The minimum atomic E-state index is 0.580. The molecule has 264 valence electrons. The summed E-state index contributed by atoms with van der Waals surface area (Å²) in [5.74, 6) is 0.580. The molecule has 48 heavy (non-hydrogen) atoms. The molecule has 3 aromatic heterocycles. The van der Waals surface area contributed by atoms with Gasteiger partial charge in [-0.2, -0.15) is 15.0 Å². The second kappa shape index (κ2) is 19.5. The van der Waals surface area contributed by atoms with Gasteiger partial charge in [-0.05, 0) is 93.1 Å². The van der Waals surface area contributed by atoms with E-state index >= 15 is 0 Å². The summed E-state index contributed by atoms with van der Waals surface area (Å²) in [7, 11) is 0. The van der Waals surface area contributed by atoms with E-state index in [9.17, 15) is 0 Å². The van der Waals surface area contributed by atoms with E-state index in [1.54, 1.807) is 12.1 Å². The van der Waals surface area contributed by atoms with Gasteiger partial charge in [0.05, 0.1) is 37.6 Å². The highest BCUT2D eigenvalue weighted by atomic mass is 79.9. The van der Waals surface area contributed by atoms with Gasteiger partial charge in [-0.25, -0.2) is 0 Å². The standard InChI is InChI=1S/C38H55Br2N5S3/c1-5-9-12-14-16-18-21-27-23-29(46-37(27)39)31-33-34(42-45(41-33)25-26(8-4)20-11-7-3)32(36-35(31)43-48-44-36)30-24-28(38(40)47-30)22-19-17-15-13-10-6-2/h23-24,26,43-44H,5-22,25H2,1-4H3. The molecule has 5 nitrogen and oxygen atoms in total. The number of halogens is 2. The number of thiophene rings is 2. The van der Waals surface area contributed by atoms with E-state index < -0.39 is 0 Å². The van der Waals surface area contributed by atoms with Crippen molar-refractivity contribution in [3.63, 3.8) is 0 Å². The van der Waals surface area contributed by atoms with Crippen LogP contribution >= 0.6 is 66.7 Å². The number of fused-ring (bicyclic) bond motifs is 2. The number of nitrogens with one attached hydrogen (secondary N) is 2. The van der Waals surface area contributed by atoms with Crippen LogP contribution in [0.5, 0.6) is 0 Å². The van der Waals surface area contributed by atoms with Crippen molar-refractivity contribution >= 4 is 89.1 Å². The highest BCUT2D eigenvalue weighted by Gasteiger charge is 2.31. The van der Waals surface area contributed by atoms with E-state index in [1.807, 2.05) is 27.5 Å². The summed E-state index contributed by atoms with van der Waals surface area (Å²) in [6.07, 6.45) is 22.8. The fraction of sp³-hybridized carbons (Fsp3) is 0.632. The van der Waals surface area contributed by atoms with Crippen LogP contribution in [-0.2, 0) is 19.4 Å². The van der Waals surface area contributed by atoms with Crippen LogP contribution in [0.4, 0.5) is 11.4 Å². The highest BCUT2D eigenvalue weighted by molar-refractivity contribution is 9.11. The molecule has 4 aromatic rings. The Balaban J connectivity index is 1.51. The van der Waals surface area contributed by atoms with Gasteiger partial charge in [0, 0.05) is 20.9 Å². The van der Waals surface area contributed by atoms with Crippen molar-refractivity contribution in [3.05, 3.63) is 30.8 Å². The van der Waals surface area contributed by atoms with Crippen molar-refractivity contribution in [1.29, 1.82) is 0 Å². The van der Waals surface area contributed by atoms with Crippen molar-refractivity contribution in [3.8, 4) is 20.9 Å². The maximum Gasteiger partial charge on any atom is 0.124 e. The average molecular weight is 838 g/mol. The van der Waals surface area contributed by atoms with E-state index in [1.165, 1.54) is 136 Å². The largest absolute Gasteiger partial charge is 0.309 e. The Bertz CT molecular complexity index is 1490. The molecule has 1 aliphatic rings. The van der Waals surface area contributed by atoms with Crippen molar-refractivity contribution < 1.29 is 0 Å². The van der Waals surface area contributed by atoms with E-state index in [0.717, 1.165) is 48.2 Å². The molecule has 4 heterocycles. The monoisotopic (exact) mass is 835 g/mol. The molecule has 1 aromatic carbocycles. The predicted molar refractivity (Wildman–Crippen MR) is 222 cm³/mol. The lowest BCUT2D eigenvalue weighted by atomic mass is 9.99. The number of aryl methyl sites for hydroxylation is 2. The molecule has 0 spiro atoms. The number of benzene rings is 1. The summed E-state index contributed by atoms with van der Waals surface area (Å²) in [6.45, 7) is 10.0. The van der Waals surface area contributed by atoms with Crippen LogP contribution in [0, 0.1) is 5.92 Å². The summed E-state index contributed by atoms with van der Waals surface area (Å²) in [5.41, 5.74) is 9.46. The van der Waals surface area contributed by atoms with Gasteiger partial charge in [0.2, 0.25) is 0 Å². The molecule has 0 fully saturated rings. The fourth-order valence-corrected chi connectivity index (χ4v) is 11.1. The molecule has 0 saturated heterocycles. The normalized spacial score (nSPS) is 13.3. The molecular formula is C38H55Br2N5S3. The molecule has 0 saturated carbocycles. The number of aromatic nitrogens is 3. The lowest BCUT2D eigenvalue weighted by Crippen LogP contribution is -2.12. The second-order valence-corrected chi connectivity index (χ2v) is 18.9. The van der Waals surface area contributed by atoms with Gasteiger partial charge in [-0.3, -0.25) is 0 Å². The average Bonchev–Trinajstić information content (AvgIpc) is 3.88. The van der Waals surface area contributed by atoms with Crippen LogP contribution in [0.3, 0.4) is 0 Å². The number of nitrogens with zero attached hydrogens (tertiary/aromatic N) is 3. The topological polar surface area (TPSA) is 54.8 Å². The van der Waals surface area contributed by atoms with Crippen molar-refractivity contribution in [2.45, 2.75) is 150 Å². The van der Waals surface area contributed by atoms with Gasteiger partial charge >= 0.3 is 0 Å². The van der Waals surface area contributed by atoms with Crippen LogP contribution < -0.4 is 9.44 Å². The Kier molecular flexibility index (Phi) is 15.5. The molecule has 0 bridgehead atoms. The molecule has 0 radical (unpaired) electrons. The van der Waals surface area contributed by atoms with Crippen molar-refractivity contribution in [1.82, 2.24) is 15.0 Å². The Morgan fingerprint density at radius 2 is 1.10 bits per heavy atom. The summed E-state index contributed by atoms with van der Waals surface area (Å²) in [4.78, 5) is 4.53. The quantitative estimate of drug-likeness (QED) is 0.0610. The first-order valence-corrected chi connectivity index (χ1v) is 22.7. The molecule has 10 heteroatoms. The zero-order valence-electron chi connectivity index (χ0n) is 29.5. The van der Waals surface area contributed by atoms with Gasteiger partial charge in [0.15, 0.2) is 0 Å². The second-order valence-electron chi connectivity index (χ2n) is 13.5. The van der Waals surface area contributed by atoms with Gasteiger partial charge in [0.1, 0.15) is 11.0 Å². The van der Waals surface area contributed by atoms with Gasteiger partial charge < -0.3 is 9.44 Å². The van der Waals surface area contributed by atoms with Gasteiger partial charge in [0.25, 0.3) is 0 Å². The van der Waals surface area contributed by atoms with E-state index in [0.29, 0.717) is 5.92 Å². The first kappa shape index (κ1) is 38.2. The number of anilines is 2. The Hall–Kier alpha value is -1.07. The smallest absolute Gasteiger partial charge is 0.124 e. The molecule has 1 aliphatic heterocycles. The minimum absolute atomic E-state index is 0.580. The first-order valence-electron chi connectivity index (χ1n) is 18.7. The van der Waals surface area contributed by atoms with Crippen molar-refractivity contribution in [2.75, 3.05) is 9.44 Å². The minimum Gasteiger partial charge on any atom is -0.309 e. The van der Waals surface area contributed by atoms with Crippen LogP contribution in [0.1, 0.15) is 142 Å². The predicted octanol–water partition coefficient (Wildman–Crippen LogP) is 14.8. The summed E-state index contributed by atoms with van der Waals surface area (Å²) >= 11 is 13.1. The van der Waals surface area contributed by atoms with Crippen LogP contribution in [0.25, 0.3) is 31.9 Å². The zero-order valence-corrected chi connectivity index (χ0v) is 35.1. The summed E-state index contributed by atoms with van der Waals surface area (Å²) < 4.78 is 9.80. The fourth-order valence-electron chi connectivity index (χ4n) is 6.80. The third-order valence-corrected chi connectivity index (χ3v) is 14.3. The SMILES string of the molecule is CCCCCCCCc1cc(-c2c3c(c(-c4cc(CCCCCCCC)c(Br)s4)c4nn(CC(CC)CCCC)nc24)NSN3)sc1Br. The van der Waals surface area contributed by atoms with Crippen LogP contribution in [-0.4, -0.2) is 15.0 Å². The molecule has 0 aliphatic carbocycles. The van der Waals surface area contributed by atoms with E-state index in [-0.39, 0.29) is 0 Å². The lowest BCUT2D eigenvalue weighted by molar-refractivity contribution is 0.351. The Morgan fingerprint density at radius 1 is 0.646 bits per heavy atom. The number of hydrogen-bond acceptors (Lipinski definition) is 7. The first-order chi connectivity index (χ1) is 23.5. The molecule has 1 unspecified atom stereocenters. The van der Waals surface area contributed by atoms with E-state index in [4.69, 9.17) is 10.2 Å². The Morgan fingerprint density at radius 3 is 1.56 bits per heavy atom. The molecule has 0 amide bonds. The van der Waals surface area contributed by atoms with Gasteiger partial charge in [-0.15, -0.1) is 22.7 Å². The molecule has 5 rings (SSSR count). The Labute approximate surface area is 318 Å². The van der Waals surface area contributed by atoms with Crippen LogP contribution in [0.2, 0.25) is 0 Å². The summed E-state index contributed by atoms with van der Waals surface area (Å²) in [6, 6.07) is 4.82. The van der Waals surface area contributed by atoms with Gasteiger partial charge in [-0.1, -0.05) is 111 Å². The third kappa shape index (κ3) is 9.62. The third-order valence-electron chi connectivity index (χ3n) is 9.76. The lowest BCUT2D eigenvalue weighted by Gasteiger charge is -2.12. The number of unbranched alkanes of at least 4 members (excludes halogenated alkanes) is 11. The number of rotatable bonds is 22. The van der Waals surface area contributed by atoms with Crippen LogP contribution in [0.15, 0.2) is 19.7 Å². The summed E-state index contributed by atoms with van der Waals surface area (Å²) in [5, 5.41) is 10.6. The maximum atomic E-state index is 5.32. The zero-order chi connectivity index (χ0) is 33.9.